The zero-order valence-electron chi connectivity index (χ0n) is 13.7. The molecule has 4 aromatic rings. The second kappa shape index (κ2) is 7.45. The third kappa shape index (κ3) is 3.78. The van der Waals surface area contributed by atoms with Gasteiger partial charge in [0.2, 0.25) is 0 Å². The summed E-state index contributed by atoms with van der Waals surface area (Å²) in [5.41, 5.74) is 2.82. The molecule has 0 aliphatic carbocycles. The number of hydrogen-bond donors (Lipinski definition) is 2. The lowest BCUT2D eigenvalue weighted by Crippen LogP contribution is -2.02. The van der Waals surface area contributed by atoms with Crippen LogP contribution in [0.5, 0.6) is 0 Å². The molecule has 0 spiro atoms. The second-order valence-corrected chi connectivity index (χ2v) is 6.57. The van der Waals surface area contributed by atoms with Crippen LogP contribution in [-0.4, -0.2) is 19.9 Å². The molecule has 0 saturated heterocycles. The third-order valence-corrected chi connectivity index (χ3v) is 4.30. The summed E-state index contributed by atoms with van der Waals surface area (Å²) in [6, 6.07) is 13.8. The highest BCUT2D eigenvalue weighted by molar-refractivity contribution is 9.10. The van der Waals surface area contributed by atoms with Gasteiger partial charge in [0, 0.05) is 34.5 Å². The van der Waals surface area contributed by atoms with E-state index in [4.69, 9.17) is 0 Å². The molecule has 0 bridgehead atoms. The summed E-state index contributed by atoms with van der Waals surface area (Å²) in [6.45, 7) is 0.647. The van der Waals surface area contributed by atoms with Gasteiger partial charge in [-0.1, -0.05) is 28.1 Å². The first-order valence-electron chi connectivity index (χ1n) is 8.04. The number of fused-ring (bicyclic) bond motifs is 1. The van der Waals surface area contributed by atoms with Crippen LogP contribution in [0, 0.1) is 0 Å². The van der Waals surface area contributed by atoms with Crippen LogP contribution in [0.15, 0.2) is 71.9 Å². The average Bonchev–Trinajstić information content (AvgIpc) is 2.67. The number of halogens is 1. The number of anilines is 3. The monoisotopic (exact) mass is 406 g/mol. The molecule has 2 N–H and O–H groups in total. The molecule has 4 rings (SSSR count). The molecule has 0 radical (unpaired) electrons. The first-order chi connectivity index (χ1) is 12.8. The standard InChI is InChI=1S/C19H15BrN6/c20-14-4-1-5-15(7-14)26-19-16-8-18(23-11-17(16)24-12-25-19)22-10-13-3-2-6-21-9-13/h1-9,11-12H,10H2,(H,22,23)(H,24,25,26). The van der Waals surface area contributed by atoms with Crippen LogP contribution in [0.2, 0.25) is 0 Å². The highest BCUT2D eigenvalue weighted by Gasteiger charge is 2.07. The average molecular weight is 407 g/mol. The van der Waals surface area contributed by atoms with E-state index in [-0.39, 0.29) is 0 Å². The van der Waals surface area contributed by atoms with Crippen molar-refractivity contribution >= 4 is 44.2 Å². The maximum Gasteiger partial charge on any atom is 0.141 e. The number of rotatable bonds is 5. The van der Waals surface area contributed by atoms with E-state index in [9.17, 15) is 0 Å². The first-order valence-corrected chi connectivity index (χ1v) is 8.83. The molecule has 0 fully saturated rings. The van der Waals surface area contributed by atoms with Crippen molar-refractivity contribution in [2.45, 2.75) is 6.54 Å². The molecule has 6 nitrogen and oxygen atoms in total. The Hall–Kier alpha value is -3.06. The van der Waals surface area contributed by atoms with Gasteiger partial charge in [-0.15, -0.1) is 0 Å². The fourth-order valence-electron chi connectivity index (χ4n) is 2.55. The maximum atomic E-state index is 4.43. The number of benzene rings is 1. The minimum absolute atomic E-state index is 0.647. The molecular weight excluding hydrogens is 392 g/mol. The van der Waals surface area contributed by atoms with Gasteiger partial charge >= 0.3 is 0 Å². The molecule has 0 aliphatic rings. The van der Waals surface area contributed by atoms with E-state index in [1.165, 1.54) is 6.33 Å². The molecule has 1 aromatic carbocycles. The Labute approximate surface area is 158 Å². The minimum Gasteiger partial charge on any atom is -0.366 e. The van der Waals surface area contributed by atoms with Crippen LogP contribution in [0.1, 0.15) is 5.56 Å². The highest BCUT2D eigenvalue weighted by Crippen LogP contribution is 2.25. The van der Waals surface area contributed by atoms with Gasteiger partial charge in [0.1, 0.15) is 18.0 Å². The molecule has 3 heterocycles. The van der Waals surface area contributed by atoms with Crippen molar-refractivity contribution in [1.82, 2.24) is 19.9 Å². The lowest BCUT2D eigenvalue weighted by Gasteiger charge is -2.10. The largest absolute Gasteiger partial charge is 0.366 e. The Morgan fingerprint density at radius 2 is 1.92 bits per heavy atom. The van der Waals surface area contributed by atoms with Crippen LogP contribution in [0.25, 0.3) is 10.9 Å². The summed E-state index contributed by atoms with van der Waals surface area (Å²) in [4.78, 5) is 17.2. The number of nitrogens with zero attached hydrogens (tertiary/aromatic N) is 4. The quantitative estimate of drug-likeness (QED) is 0.506. The van der Waals surface area contributed by atoms with Gasteiger partial charge in [0.15, 0.2) is 0 Å². The Balaban J connectivity index is 1.61. The Morgan fingerprint density at radius 1 is 0.962 bits per heavy atom. The van der Waals surface area contributed by atoms with E-state index in [0.717, 1.165) is 38.3 Å². The fourth-order valence-corrected chi connectivity index (χ4v) is 2.95. The van der Waals surface area contributed by atoms with E-state index < -0.39 is 0 Å². The van der Waals surface area contributed by atoms with Crippen LogP contribution in [0.3, 0.4) is 0 Å². The first kappa shape index (κ1) is 16.4. The van der Waals surface area contributed by atoms with Crippen molar-refractivity contribution in [3.8, 4) is 0 Å². The van der Waals surface area contributed by atoms with E-state index >= 15 is 0 Å². The van der Waals surface area contributed by atoms with Gasteiger partial charge in [0.05, 0.1) is 11.7 Å². The SMILES string of the molecule is Brc1cccc(Nc2ncnc3cnc(NCc4cccnc4)cc23)c1. The smallest absolute Gasteiger partial charge is 0.141 e. The number of pyridine rings is 2. The van der Waals surface area contributed by atoms with Crippen LogP contribution >= 0.6 is 15.9 Å². The predicted molar refractivity (Wildman–Crippen MR) is 106 cm³/mol. The zero-order valence-corrected chi connectivity index (χ0v) is 15.3. The summed E-state index contributed by atoms with van der Waals surface area (Å²) in [6.07, 6.45) is 6.87. The zero-order chi connectivity index (χ0) is 17.8. The predicted octanol–water partition coefficient (Wildman–Crippen LogP) is 4.54. The van der Waals surface area contributed by atoms with Gasteiger partial charge in [0.25, 0.3) is 0 Å². The second-order valence-electron chi connectivity index (χ2n) is 5.66. The number of hydrogen-bond acceptors (Lipinski definition) is 6. The lowest BCUT2D eigenvalue weighted by molar-refractivity contribution is 1.09. The van der Waals surface area contributed by atoms with Crippen molar-refractivity contribution < 1.29 is 0 Å². The number of nitrogens with one attached hydrogen (secondary N) is 2. The van der Waals surface area contributed by atoms with Crippen molar-refractivity contribution in [1.29, 1.82) is 0 Å². The van der Waals surface area contributed by atoms with Gasteiger partial charge < -0.3 is 10.6 Å². The highest BCUT2D eigenvalue weighted by atomic mass is 79.9. The Kier molecular flexibility index (Phi) is 4.70. The van der Waals surface area contributed by atoms with E-state index in [0.29, 0.717) is 6.54 Å². The maximum absolute atomic E-state index is 4.43. The summed E-state index contributed by atoms with van der Waals surface area (Å²) in [5.74, 6) is 1.49. The third-order valence-electron chi connectivity index (χ3n) is 3.81. The molecule has 128 valence electrons. The van der Waals surface area contributed by atoms with E-state index in [1.807, 2.05) is 48.7 Å². The van der Waals surface area contributed by atoms with Gasteiger partial charge in [-0.3, -0.25) is 4.98 Å². The van der Waals surface area contributed by atoms with Crippen molar-refractivity contribution in [3.05, 3.63) is 77.4 Å². The van der Waals surface area contributed by atoms with Gasteiger partial charge in [-0.2, -0.15) is 0 Å². The van der Waals surface area contributed by atoms with Crippen LogP contribution < -0.4 is 10.6 Å². The normalized spacial score (nSPS) is 10.7. The van der Waals surface area contributed by atoms with E-state index in [2.05, 4.69) is 46.5 Å². The Bertz CT molecular complexity index is 1040. The minimum atomic E-state index is 0.647. The topological polar surface area (TPSA) is 75.6 Å². The fraction of sp³-hybridized carbons (Fsp3) is 0.0526. The molecule has 0 atom stereocenters. The van der Waals surface area contributed by atoms with Gasteiger partial charge in [-0.05, 0) is 35.9 Å². The lowest BCUT2D eigenvalue weighted by atomic mass is 10.2. The Morgan fingerprint density at radius 3 is 2.77 bits per heavy atom. The molecule has 0 aliphatic heterocycles. The van der Waals surface area contributed by atoms with Crippen LogP contribution in [-0.2, 0) is 6.54 Å². The van der Waals surface area contributed by atoms with Crippen molar-refractivity contribution in [2.24, 2.45) is 0 Å². The molecule has 3 aromatic heterocycles. The number of aromatic nitrogens is 4. The van der Waals surface area contributed by atoms with Gasteiger partial charge in [-0.25, -0.2) is 15.0 Å². The summed E-state index contributed by atoms with van der Waals surface area (Å²) >= 11 is 3.48. The molecule has 7 heteroatoms. The summed E-state index contributed by atoms with van der Waals surface area (Å²) in [5, 5.41) is 7.55. The van der Waals surface area contributed by atoms with E-state index in [1.54, 1.807) is 12.4 Å². The van der Waals surface area contributed by atoms with Crippen molar-refractivity contribution in [2.75, 3.05) is 10.6 Å². The molecule has 0 amide bonds. The van der Waals surface area contributed by atoms with Crippen LogP contribution in [0.4, 0.5) is 17.3 Å². The summed E-state index contributed by atoms with van der Waals surface area (Å²) in [7, 11) is 0. The molecular formula is C19H15BrN6. The summed E-state index contributed by atoms with van der Waals surface area (Å²) < 4.78 is 1.00. The molecule has 0 saturated carbocycles. The molecule has 26 heavy (non-hydrogen) atoms. The van der Waals surface area contributed by atoms with Crippen molar-refractivity contribution in [3.63, 3.8) is 0 Å². The molecule has 0 unspecified atom stereocenters.